The monoisotopic (exact) mass is 349 g/mol. The number of nitrogens with zero attached hydrogens (tertiary/aromatic N) is 3. The molecule has 0 aliphatic carbocycles. The average Bonchev–Trinajstić information content (AvgIpc) is 2.90. The van der Waals surface area contributed by atoms with E-state index in [2.05, 4.69) is 27.6 Å². The molecule has 0 atom stereocenters. The van der Waals surface area contributed by atoms with Gasteiger partial charge in [0.15, 0.2) is 11.7 Å². The third-order valence-electron chi connectivity index (χ3n) is 3.24. The summed E-state index contributed by atoms with van der Waals surface area (Å²) >= 11 is 0. The highest BCUT2D eigenvalue weighted by Gasteiger charge is 2.36. The first-order valence-corrected chi connectivity index (χ1v) is 8.00. The van der Waals surface area contributed by atoms with Crippen molar-refractivity contribution in [1.29, 1.82) is 0 Å². The van der Waals surface area contributed by atoms with Gasteiger partial charge in [0, 0.05) is 52.2 Å². The van der Waals surface area contributed by atoms with E-state index in [0.29, 0.717) is 19.1 Å². The van der Waals surface area contributed by atoms with Gasteiger partial charge in [-0.2, -0.15) is 18.3 Å². The van der Waals surface area contributed by atoms with Gasteiger partial charge in [-0.15, -0.1) is 0 Å². The molecule has 0 fully saturated rings. The Balaban J connectivity index is 2.37. The van der Waals surface area contributed by atoms with Crippen molar-refractivity contribution in [2.45, 2.75) is 38.9 Å². The second-order valence-electron chi connectivity index (χ2n) is 5.35. The molecule has 1 heterocycles. The van der Waals surface area contributed by atoms with Gasteiger partial charge in [-0.3, -0.25) is 9.67 Å². The largest absolute Gasteiger partial charge is 0.435 e. The number of ether oxygens (including phenoxy) is 1. The Morgan fingerprint density at radius 2 is 2.00 bits per heavy atom. The predicted octanol–water partition coefficient (Wildman–Crippen LogP) is 2.31. The molecular formula is C15H26F3N5O. The molecule has 0 aromatic carbocycles. The second kappa shape index (κ2) is 10.2. The molecule has 6 nitrogen and oxygen atoms in total. The fourth-order valence-electron chi connectivity index (χ4n) is 2.03. The number of aromatic nitrogens is 2. The van der Waals surface area contributed by atoms with Crippen molar-refractivity contribution < 1.29 is 17.9 Å². The maximum Gasteiger partial charge on any atom is 0.435 e. The topological polar surface area (TPSA) is 63.5 Å². The van der Waals surface area contributed by atoms with Gasteiger partial charge in [-0.1, -0.05) is 13.3 Å². The predicted molar refractivity (Wildman–Crippen MR) is 86.8 cm³/mol. The van der Waals surface area contributed by atoms with Gasteiger partial charge in [-0.05, 0) is 12.8 Å². The van der Waals surface area contributed by atoms with Gasteiger partial charge in [0.25, 0.3) is 0 Å². The zero-order valence-corrected chi connectivity index (χ0v) is 14.4. The number of unbranched alkanes of at least 4 members (excludes halogenated alkanes) is 1. The molecule has 1 rings (SSSR count). The summed E-state index contributed by atoms with van der Waals surface area (Å²) in [7, 11) is 3.03. The van der Waals surface area contributed by atoms with Crippen LogP contribution in [0, 0.1) is 0 Å². The highest BCUT2D eigenvalue weighted by molar-refractivity contribution is 5.79. The summed E-state index contributed by atoms with van der Waals surface area (Å²) in [6, 6.07) is 0. The van der Waals surface area contributed by atoms with E-state index < -0.39 is 11.9 Å². The smallest absolute Gasteiger partial charge is 0.381 e. The highest BCUT2D eigenvalue weighted by Crippen LogP contribution is 2.30. The van der Waals surface area contributed by atoms with Crippen molar-refractivity contribution in [3.8, 4) is 0 Å². The molecule has 0 spiro atoms. The fraction of sp³-hybridized carbons (Fsp3) is 0.733. The van der Waals surface area contributed by atoms with Crippen LogP contribution < -0.4 is 10.6 Å². The Bertz CT molecular complexity index is 514. The molecular weight excluding hydrogens is 323 g/mol. The van der Waals surface area contributed by atoms with Crippen LogP contribution in [-0.4, -0.2) is 42.5 Å². The fourth-order valence-corrected chi connectivity index (χ4v) is 2.03. The Kier molecular flexibility index (Phi) is 8.59. The van der Waals surface area contributed by atoms with Crippen molar-refractivity contribution in [2.75, 3.05) is 26.8 Å². The Morgan fingerprint density at radius 1 is 1.29 bits per heavy atom. The quantitative estimate of drug-likeness (QED) is 0.408. The summed E-state index contributed by atoms with van der Waals surface area (Å²) in [6.45, 7) is 4.13. The minimum absolute atomic E-state index is 0.00461. The first-order chi connectivity index (χ1) is 11.4. The SMILES string of the molecule is CCCCOCCCNC(=NC)NCc1cn(C)nc1C(F)(F)F. The number of aryl methyl sites for hydroxylation is 1. The lowest BCUT2D eigenvalue weighted by molar-refractivity contribution is -0.142. The summed E-state index contributed by atoms with van der Waals surface area (Å²) in [6.07, 6.45) is -0.173. The number of rotatable bonds is 9. The molecule has 0 unspecified atom stereocenters. The van der Waals surface area contributed by atoms with Crippen molar-refractivity contribution in [1.82, 2.24) is 20.4 Å². The molecule has 1 aromatic heterocycles. The maximum absolute atomic E-state index is 12.9. The van der Waals surface area contributed by atoms with Gasteiger partial charge >= 0.3 is 6.18 Å². The first kappa shape index (κ1) is 20.3. The minimum atomic E-state index is -4.47. The third-order valence-corrected chi connectivity index (χ3v) is 3.24. The molecule has 1 aromatic rings. The van der Waals surface area contributed by atoms with E-state index in [0.717, 1.165) is 30.6 Å². The number of alkyl halides is 3. The Morgan fingerprint density at radius 3 is 2.62 bits per heavy atom. The number of guanidine groups is 1. The molecule has 0 saturated carbocycles. The summed E-state index contributed by atoms with van der Waals surface area (Å²) in [4.78, 5) is 3.99. The molecule has 0 bridgehead atoms. The molecule has 0 saturated heterocycles. The summed E-state index contributed by atoms with van der Waals surface area (Å²) in [5.74, 6) is 0.445. The molecule has 138 valence electrons. The van der Waals surface area contributed by atoms with Gasteiger partial charge in [0.05, 0.1) is 0 Å². The van der Waals surface area contributed by atoms with Gasteiger partial charge in [0.1, 0.15) is 0 Å². The molecule has 0 aliphatic heterocycles. The van der Waals surface area contributed by atoms with Crippen molar-refractivity contribution in [3.05, 3.63) is 17.5 Å². The maximum atomic E-state index is 12.9. The Hall–Kier alpha value is -1.77. The molecule has 9 heteroatoms. The van der Waals surface area contributed by atoms with E-state index in [-0.39, 0.29) is 12.1 Å². The first-order valence-electron chi connectivity index (χ1n) is 8.00. The molecule has 0 aliphatic rings. The lowest BCUT2D eigenvalue weighted by Crippen LogP contribution is -2.37. The van der Waals surface area contributed by atoms with Crippen molar-refractivity contribution in [3.63, 3.8) is 0 Å². The van der Waals surface area contributed by atoms with E-state index in [4.69, 9.17) is 4.74 Å². The zero-order chi connectivity index (χ0) is 18.0. The molecule has 24 heavy (non-hydrogen) atoms. The van der Waals surface area contributed by atoms with Crippen LogP contribution in [0.1, 0.15) is 37.4 Å². The van der Waals surface area contributed by atoms with Crippen LogP contribution in [0.25, 0.3) is 0 Å². The van der Waals surface area contributed by atoms with E-state index in [1.807, 2.05) is 0 Å². The standard InChI is InChI=1S/C15H26F3N5O/c1-4-5-8-24-9-6-7-20-14(19-2)21-10-12-11-23(3)22-13(12)15(16,17)18/h11H,4-10H2,1-3H3,(H2,19,20,21). The summed E-state index contributed by atoms with van der Waals surface area (Å²) < 4.78 is 45.2. The number of halogens is 3. The lowest BCUT2D eigenvalue weighted by Gasteiger charge is -2.12. The van der Waals surface area contributed by atoms with Crippen LogP contribution in [0.4, 0.5) is 13.2 Å². The number of nitrogens with one attached hydrogen (secondary N) is 2. The van der Waals surface area contributed by atoms with Gasteiger partial charge < -0.3 is 15.4 Å². The highest BCUT2D eigenvalue weighted by atomic mass is 19.4. The molecule has 0 amide bonds. The zero-order valence-electron chi connectivity index (χ0n) is 14.4. The number of hydrogen-bond acceptors (Lipinski definition) is 3. The third kappa shape index (κ3) is 7.20. The minimum Gasteiger partial charge on any atom is -0.381 e. The summed E-state index contributed by atoms with van der Waals surface area (Å²) in [5.41, 5.74) is -0.798. The van der Waals surface area contributed by atoms with E-state index >= 15 is 0 Å². The van der Waals surface area contributed by atoms with Crippen LogP contribution >= 0.6 is 0 Å². The van der Waals surface area contributed by atoms with Crippen LogP contribution in [0.5, 0.6) is 0 Å². The summed E-state index contributed by atoms with van der Waals surface area (Å²) in [5, 5.41) is 9.38. The van der Waals surface area contributed by atoms with Crippen molar-refractivity contribution >= 4 is 5.96 Å². The van der Waals surface area contributed by atoms with Crippen LogP contribution in [0.15, 0.2) is 11.2 Å². The van der Waals surface area contributed by atoms with E-state index in [9.17, 15) is 13.2 Å². The lowest BCUT2D eigenvalue weighted by atomic mass is 10.2. The second-order valence-corrected chi connectivity index (χ2v) is 5.35. The molecule has 2 N–H and O–H groups in total. The molecule has 0 radical (unpaired) electrons. The van der Waals surface area contributed by atoms with E-state index in [1.165, 1.54) is 13.2 Å². The average molecular weight is 349 g/mol. The van der Waals surface area contributed by atoms with Crippen LogP contribution in [0.2, 0.25) is 0 Å². The normalized spacial score (nSPS) is 12.5. The van der Waals surface area contributed by atoms with Crippen molar-refractivity contribution in [2.24, 2.45) is 12.0 Å². The number of hydrogen-bond donors (Lipinski definition) is 2. The van der Waals surface area contributed by atoms with Gasteiger partial charge in [-0.25, -0.2) is 0 Å². The van der Waals surface area contributed by atoms with Crippen LogP contribution in [0.3, 0.4) is 0 Å². The Labute approximate surface area is 140 Å². The van der Waals surface area contributed by atoms with Gasteiger partial charge in [0.2, 0.25) is 0 Å². The van der Waals surface area contributed by atoms with E-state index in [1.54, 1.807) is 7.05 Å². The van der Waals surface area contributed by atoms with Crippen LogP contribution in [-0.2, 0) is 24.5 Å². The number of aliphatic imine (C=N–C) groups is 1.